The van der Waals surface area contributed by atoms with Crippen LogP contribution >= 0.6 is 11.8 Å². The average Bonchev–Trinajstić information content (AvgIpc) is 2.50. The van der Waals surface area contributed by atoms with E-state index in [1.54, 1.807) is 46.9 Å². The Morgan fingerprint density at radius 1 is 1.16 bits per heavy atom. The summed E-state index contributed by atoms with van der Waals surface area (Å²) in [7, 11) is -1.17. The molecule has 0 atom stereocenters. The second-order valence-corrected chi connectivity index (χ2v) is 10.1. The van der Waals surface area contributed by atoms with Gasteiger partial charge in [-0.15, -0.1) is 0 Å². The minimum Gasteiger partial charge on any atom is -0.748 e. The summed E-state index contributed by atoms with van der Waals surface area (Å²) in [6.07, 6.45) is 0.0502. The molecule has 0 spiro atoms. The molecule has 0 amide bonds. The minimum atomic E-state index is -4.22. The molecule has 0 aliphatic carbocycles. The third-order valence-electron chi connectivity index (χ3n) is 2.57. The molecule has 0 fully saturated rings. The van der Waals surface area contributed by atoms with Crippen LogP contribution in [0.5, 0.6) is 0 Å². The van der Waals surface area contributed by atoms with Crippen molar-refractivity contribution in [3.63, 3.8) is 0 Å². The number of carbonyl (C=O) groups excluding carboxylic acids is 1. The molecule has 0 radical (unpaired) electrons. The van der Waals surface area contributed by atoms with Gasteiger partial charge in [-0.05, 0) is 26.0 Å². The van der Waals surface area contributed by atoms with E-state index < -0.39 is 30.8 Å². The van der Waals surface area contributed by atoms with Gasteiger partial charge in [0.15, 0.2) is 0 Å². The zero-order valence-electron chi connectivity index (χ0n) is 16.2. The maximum atomic E-state index is 11.6. The second-order valence-electron chi connectivity index (χ2n) is 5.27. The molecule has 0 bridgehead atoms. The minimum absolute atomic E-state index is 0. The van der Waals surface area contributed by atoms with Crippen LogP contribution in [0.15, 0.2) is 0 Å². The van der Waals surface area contributed by atoms with Crippen molar-refractivity contribution in [3.05, 3.63) is 0 Å². The van der Waals surface area contributed by atoms with E-state index in [4.69, 9.17) is 18.0 Å². The maximum Gasteiger partial charge on any atom is 1.00 e. The Kier molecular flexibility index (Phi) is 21.9. The molecule has 0 rings (SSSR count). The molecule has 0 unspecified atom stereocenters. The zero-order valence-corrected chi connectivity index (χ0v) is 22.1. The normalized spacial score (nSPS) is 11.4. The summed E-state index contributed by atoms with van der Waals surface area (Å²) < 4.78 is 50.1. The number of esters is 1. The van der Waals surface area contributed by atoms with E-state index in [2.05, 4.69) is 0 Å². The first-order valence-electron chi connectivity index (χ1n) is 7.31. The van der Waals surface area contributed by atoms with Gasteiger partial charge in [0.2, 0.25) is 0 Å². The van der Waals surface area contributed by atoms with E-state index in [0.717, 1.165) is 5.75 Å². The Morgan fingerprint density at radius 3 is 1.96 bits per heavy atom. The van der Waals surface area contributed by atoms with Crippen LogP contribution in [-0.2, 0) is 32.9 Å². The summed E-state index contributed by atoms with van der Waals surface area (Å²) in [5, 5.41) is 0. The Bertz CT molecular complexity index is 424. The summed E-state index contributed by atoms with van der Waals surface area (Å²) in [6, 6.07) is 0. The van der Waals surface area contributed by atoms with Gasteiger partial charge in [0.1, 0.15) is 0 Å². The van der Waals surface area contributed by atoms with Gasteiger partial charge in [-0.2, -0.15) is 11.8 Å². The van der Waals surface area contributed by atoms with Gasteiger partial charge >= 0.3 is 66.9 Å². The number of hydrogen-bond donors (Lipinski definition) is 0. The molecule has 0 saturated heterocycles. The summed E-state index contributed by atoms with van der Waals surface area (Å²) in [5.41, 5.74) is -0.586. The van der Waals surface area contributed by atoms with Crippen molar-refractivity contribution in [2.24, 2.45) is 5.41 Å². The molecule has 0 aromatic rings. The van der Waals surface area contributed by atoms with Crippen molar-refractivity contribution in [1.82, 2.24) is 0 Å². The van der Waals surface area contributed by atoms with Gasteiger partial charge in [0.25, 0.3) is 0 Å². The van der Waals surface area contributed by atoms with E-state index in [1.807, 2.05) is 6.92 Å². The van der Waals surface area contributed by atoms with E-state index in [1.165, 1.54) is 0 Å². The average molecular weight is 445 g/mol. The molecule has 0 aromatic heterocycles. The van der Waals surface area contributed by atoms with Crippen molar-refractivity contribution in [1.29, 1.82) is 0 Å². The molecule has 0 aromatic carbocycles. The fraction of sp³-hybridized carbons (Fsp3) is 0.923. The molecule has 146 valence electrons. The molecular weight excluding hydrogens is 415 g/mol. The van der Waals surface area contributed by atoms with Crippen molar-refractivity contribution >= 4 is 37.4 Å². The van der Waals surface area contributed by atoms with Gasteiger partial charge in [-0.1, -0.05) is 6.92 Å². The molecule has 0 aliphatic heterocycles. The standard InChI is InChI=1S/C10H20O5S2.C3H10O3Si.K/c1-4-16-8-10(2,3)9(11)15-6-5-7-17(12,13)14;1-4-7(5-2)6-3;/h4-8H2,1-3H3,(H,12,13,14);7H,1-3H3;/q;;+1/p-1. The number of hydrogen-bond acceptors (Lipinski definition) is 9. The maximum absolute atomic E-state index is 11.6. The van der Waals surface area contributed by atoms with Crippen LogP contribution in [0.4, 0.5) is 0 Å². The molecule has 8 nitrogen and oxygen atoms in total. The molecule has 0 saturated carbocycles. The van der Waals surface area contributed by atoms with Gasteiger partial charge in [0.05, 0.1) is 22.1 Å². The summed E-state index contributed by atoms with van der Waals surface area (Å²) >= 11 is 1.64. The Hall–Kier alpha value is 1.46. The Labute approximate surface area is 200 Å². The topological polar surface area (TPSA) is 111 Å². The first-order valence-corrected chi connectivity index (χ1v) is 11.5. The quantitative estimate of drug-likeness (QED) is 0.153. The van der Waals surface area contributed by atoms with Crippen LogP contribution in [0.3, 0.4) is 0 Å². The Morgan fingerprint density at radius 2 is 1.64 bits per heavy atom. The van der Waals surface area contributed by atoms with Crippen LogP contribution in [0.2, 0.25) is 0 Å². The number of carbonyl (C=O) groups is 1. The third kappa shape index (κ3) is 20.0. The zero-order chi connectivity index (χ0) is 19.2. The van der Waals surface area contributed by atoms with Crippen LogP contribution in [0.1, 0.15) is 27.2 Å². The van der Waals surface area contributed by atoms with Crippen molar-refractivity contribution in [3.8, 4) is 0 Å². The largest absolute Gasteiger partial charge is 1.00 e. The second kappa shape index (κ2) is 17.6. The van der Waals surface area contributed by atoms with Gasteiger partial charge in [0, 0.05) is 32.8 Å². The Balaban J connectivity index is -0.000000513. The van der Waals surface area contributed by atoms with Gasteiger partial charge in [-0.3, -0.25) is 4.79 Å². The van der Waals surface area contributed by atoms with E-state index in [0.29, 0.717) is 5.75 Å². The predicted molar refractivity (Wildman–Crippen MR) is 95.1 cm³/mol. The first-order chi connectivity index (χ1) is 11.0. The number of ether oxygens (including phenoxy) is 1. The smallest absolute Gasteiger partial charge is 0.748 e. The summed E-state index contributed by atoms with van der Waals surface area (Å²) in [4.78, 5) is 11.6. The summed E-state index contributed by atoms with van der Waals surface area (Å²) in [5.74, 6) is 0.722. The van der Waals surface area contributed by atoms with Crippen molar-refractivity contribution in [2.45, 2.75) is 27.2 Å². The SMILES string of the molecule is CCSCC(C)(C)C(=O)OCCCS(=O)(=O)[O-].CO[SiH](OC)OC.[K+]. The fourth-order valence-corrected chi connectivity index (χ4v) is 3.18. The van der Waals surface area contributed by atoms with E-state index >= 15 is 0 Å². The molecule has 0 N–H and O–H groups in total. The molecular formula is C13H29KO8S2Si. The van der Waals surface area contributed by atoms with Crippen LogP contribution in [-0.4, -0.2) is 73.7 Å². The van der Waals surface area contributed by atoms with Crippen molar-refractivity contribution < 1.29 is 87.2 Å². The monoisotopic (exact) mass is 444 g/mol. The third-order valence-corrected chi connectivity index (χ3v) is 5.85. The molecule has 12 heteroatoms. The molecule has 0 heterocycles. The van der Waals surface area contributed by atoms with Crippen LogP contribution in [0.25, 0.3) is 0 Å². The first kappa shape index (κ1) is 31.2. The fourth-order valence-electron chi connectivity index (χ4n) is 1.30. The molecule has 25 heavy (non-hydrogen) atoms. The van der Waals surface area contributed by atoms with E-state index in [-0.39, 0.29) is 70.4 Å². The predicted octanol–water partition coefficient (Wildman–Crippen LogP) is -2.11. The molecule has 0 aliphatic rings. The van der Waals surface area contributed by atoms with Crippen LogP contribution in [0, 0.1) is 5.41 Å². The van der Waals surface area contributed by atoms with E-state index in [9.17, 15) is 17.8 Å². The van der Waals surface area contributed by atoms with Gasteiger partial charge < -0.3 is 22.6 Å². The van der Waals surface area contributed by atoms with Gasteiger partial charge in [-0.25, -0.2) is 8.42 Å². The number of rotatable bonds is 11. The summed E-state index contributed by atoms with van der Waals surface area (Å²) in [6.45, 7) is 5.54. The number of thioether (sulfide) groups is 1. The van der Waals surface area contributed by atoms with Crippen LogP contribution < -0.4 is 51.4 Å². The van der Waals surface area contributed by atoms with Crippen molar-refractivity contribution in [2.75, 3.05) is 45.2 Å².